The molecular formula is C21H24N2O8. The first kappa shape index (κ1) is 23.5. The van der Waals surface area contributed by atoms with E-state index in [1.54, 1.807) is 25.1 Å². The maximum Gasteiger partial charge on any atom is 0.325 e. The first-order valence-corrected chi connectivity index (χ1v) is 9.32. The van der Waals surface area contributed by atoms with Crippen LogP contribution in [0, 0.1) is 10.1 Å². The molecule has 0 atom stereocenters. The highest BCUT2D eigenvalue weighted by Gasteiger charge is 2.24. The Morgan fingerprint density at radius 2 is 1.68 bits per heavy atom. The first-order chi connectivity index (χ1) is 14.8. The third kappa shape index (κ3) is 6.08. The molecule has 0 N–H and O–H groups in total. The molecule has 0 fully saturated rings. The number of nitro benzene ring substituents is 1. The van der Waals surface area contributed by atoms with Crippen molar-refractivity contribution in [3.05, 3.63) is 57.6 Å². The normalized spacial score (nSPS) is 10.2. The second-order valence-corrected chi connectivity index (χ2v) is 6.33. The Labute approximate surface area is 179 Å². The van der Waals surface area contributed by atoms with Gasteiger partial charge in [-0.3, -0.25) is 19.7 Å². The SMILES string of the molecule is CCOc1ccc(C(=O)N(CC(=O)OC)Cc2cc(OC)cc(OC)c2)cc1[N+](=O)[O-]. The number of esters is 1. The van der Waals surface area contributed by atoms with Gasteiger partial charge in [0.15, 0.2) is 5.75 Å². The van der Waals surface area contributed by atoms with Gasteiger partial charge in [0.05, 0.1) is 32.9 Å². The lowest BCUT2D eigenvalue weighted by Gasteiger charge is -2.22. The molecule has 0 aliphatic carbocycles. The number of benzene rings is 2. The van der Waals surface area contributed by atoms with E-state index in [0.717, 1.165) is 6.07 Å². The molecule has 0 aliphatic rings. The lowest BCUT2D eigenvalue weighted by Crippen LogP contribution is -2.35. The Kier molecular flexibility index (Phi) is 8.18. The van der Waals surface area contributed by atoms with Gasteiger partial charge in [0.1, 0.15) is 18.0 Å². The van der Waals surface area contributed by atoms with Gasteiger partial charge >= 0.3 is 11.7 Å². The van der Waals surface area contributed by atoms with Crippen molar-refractivity contribution < 1.29 is 33.5 Å². The molecule has 1 amide bonds. The number of hydrogen-bond acceptors (Lipinski definition) is 8. The lowest BCUT2D eigenvalue weighted by molar-refractivity contribution is -0.385. The van der Waals surface area contributed by atoms with Crippen molar-refractivity contribution in [3.63, 3.8) is 0 Å². The number of amides is 1. The number of rotatable bonds is 10. The minimum absolute atomic E-state index is 0.0164. The van der Waals surface area contributed by atoms with E-state index in [1.807, 2.05) is 0 Å². The van der Waals surface area contributed by atoms with E-state index in [1.165, 1.54) is 38.4 Å². The molecule has 2 rings (SSSR count). The summed E-state index contributed by atoms with van der Waals surface area (Å²) < 4.78 is 20.4. The van der Waals surface area contributed by atoms with Crippen molar-refractivity contribution in [1.29, 1.82) is 0 Å². The Bertz CT molecular complexity index is 938. The van der Waals surface area contributed by atoms with Crippen molar-refractivity contribution >= 4 is 17.6 Å². The number of nitro groups is 1. The summed E-state index contributed by atoms with van der Waals surface area (Å²) in [6.07, 6.45) is 0. The zero-order valence-electron chi connectivity index (χ0n) is 17.7. The summed E-state index contributed by atoms with van der Waals surface area (Å²) in [6, 6.07) is 8.97. The summed E-state index contributed by atoms with van der Waals surface area (Å²) >= 11 is 0. The minimum Gasteiger partial charge on any atom is -0.497 e. The molecule has 10 heteroatoms. The molecule has 0 bridgehead atoms. The molecule has 0 radical (unpaired) electrons. The fourth-order valence-electron chi connectivity index (χ4n) is 2.85. The van der Waals surface area contributed by atoms with Crippen LogP contribution in [0.15, 0.2) is 36.4 Å². The van der Waals surface area contributed by atoms with Crippen molar-refractivity contribution in [3.8, 4) is 17.2 Å². The standard InChI is InChI=1S/C21H24N2O8/c1-5-31-19-7-6-15(10-18(19)23(26)27)21(25)22(13-20(24)30-4)12-14-8-16(28-2)11-17(9-14)29-3/h6-11H,5,12-13H2,1-4H3. The van der Waals surface area contributed by atoms with Gasteiger partial charge in [0, 0.05) is 24.2 Å². The molecule has 0 unspecified atom stereocenters. The van der Waals surface area contributed by atoms with Gasteiger partial charge in [-0.05, 0) is 36.8 Å². The molecule has 0 saturated heterocycles. The van der Waals surface area contributed by atoms with E-state index in [4.69, 9.17) is 18.9 Å². The predicted molar refractivity (Wildman–Crippen MR) is 111 cm³/mol. The summed E-state index contributed by atoms with van der Waals surface area (Å²) in [5.41, 5.74) is 0.330. The lowest BCUT2D eigenvalue weighted by atomic mass is 10.1. The van der Waals surface area contributed by atoms with Gasteiger partial charge in [0.2, 0.25) is 0 Å². The van der Waals surface area contributed by atoms with Crippen LogP contribution in [0.25, 0.3) is 0 Å². The summed E-state index contributed by atoms with van der Waals surface area (Å²) in [5, 5.41) is 11.4. The van der Waals surface area contributed by atoms with Gasteiger partial charge in [-0.1, -0.05) is 0 Å². The number of carbonyl (C=O) groups excluding carboxylic acids is 2. The third-order valence-electron chi connectivity index (χ3n) is 4.32. The van der Waals surface area contributed by atoms with Crippen LogP contribution in [0.1, 0.15) is 22.8 Å². The summed E-state index contributed by atoms with van der Waals surface area (Å²) in [7, 11) is 4.20. The fourth-order valence-corrected chi connectivity index (χ4v) is 2.85. The molecule has 0 saturated carbocycles. The van der Waals surface area contributed by atoms with Crippen LogP contribution in [0.4, 0.5) is 5.69 Å². The van der Waals surface area contributed by atoms with E-state index in [2.05, 4.69) is 0 Å². The van der Waals surface area contributed by atoms with Crippen molar-refractivity contribution in [2.45, 2.75) is 13.5 Å². The number of nitrogens with zero attached hydrogens (tertiary/aromatic N) is 2. The van der Waals surface area contributed by atoms with E-state index < -0.39 is 16.8 Å². The largest absolute Gasteiger partial charge is 0.497 e. The van der Waals surface area contributed by atoms with E-state index >= 15 is 0 Å². The second-order valence-electron chi connectivity index (χ2n) is 6.33. The Balaban J connectivity index is 2.42. The van der Waals surface area contributed by atoms with Crippen molar-refractivity contribution in [2.24, 2.45) is 0 Å². The number of methoxy groups -OCH3 is 3. The van der Waals surface area contributed by atoms with Crippen molar-refractivity contribution in [2.75, 3.05) is 34.5 Å². The highest BCUT2D eigenvalue weighted by atomic mass is 16.6. The number of carbonyl (C=O) groups is 2. The summed E-state index contributed by atoms with van der Waals surface area (Å²) in [5.74, 6) is -0.142. The van der Waals surface area contributed by atoms with Gasteiger partial charge in [-0.2, -0.15) is 0 Å². The third-order valence-corrected chi connectivity index (χ3v) is 4.32. The monoisotopic (exact) mass is 432 g/mol. The van der Waals surface area contributed by atoms with Crippen LogP contribution in [0.3, 0.4) is 0 Å². The van der Waals surface area contributed by atoms with Crippen LogP contribution in [0.2, 0.25) is 0 Å². The molecule has 2 aromatic carbocycles. The molecule has 2 aromatic rings. The minimum atomic E-state index is -0.636. The Morgan fingerprint density at radius 3 is 2.19 bits per heavy atom. The van der Waals surface area contributed by atoms with Crippen LogP contribution in [-0.2, 0) is 16.1 Å². The zero-order chi connectivity index (χ0) is 23.0. The van der Waals surface area contributed by atoms with Gasteiger partial charge in [-0.15, -0.1) is 0 Å². The highest BCUT2D eigenvalue weighted by Crippen LogP contribution is 2.29. The smallest absolute Gasteiger partial charge is 0.325 e. The van der Waals surface area contributed by atoms with Gasteiger partial charge < -0.3 is 23.8 Å². The number of hydrogen-bond donors (Lipinski definition) is 0. The Hall–Kier alpha value is -3.82. The summed E-state index contributed by atoms with van der Waals surface area (Å²) in [6.45, 7) is 1.60. The van der Waals surface area contributed by atoms with Gasteiger partial charge in [0.25, 0.3) is 5.91 Å². The van der Waals surface area contributed by atoms with Crippen LogP contribution < -0.4 is 14.2 Å². The average Bonchev–Trinajstić information content (AvgIpc) is 2.77. The zero-order valence-corrected chi connectivity index (χ0v) is 17.7. The molecule has 0 aliphatic heterocycles. The molecular weight excluding hydrogens is 408 g/mol. The fraction of sp³-hybridized carbons (Fsp3) is 0.333. The topological polar surface area (TPSA) is 117 Å². The average molecular weight is 432 g/mol. The van der Waals surface area contributed by atoms with Crippen LogP contribution in [-0.4, -0.2) is 56.2 Å². The summed E-state index contributed by atoms with van der Waals surface area (Å²) in [4.78, 5) is 37.1. The van der Waals surface area contributed by atoms with E-state index in [9.17, 15) is 19.7 Å². The quantitative estimate of drug-likeness (QED) is 0.320. The maximum absolute atomic E-state index is 13.1. The van der Waals surface area contributed by atoms with E-state index in [-0.39, 0.29) is 36.7 Å². The predicted octanol–water partition coefficient (Wildman–Crippen LogP) is 2.83. The number of ether oxygens (including phenoxy) is 4. The first-order valence-electron chi connectivity index (χ1n) is 9.32. The maximum atomic E-state index is 13.1. The molecule has 166 valence electrons. The van der Waals surface area contributed by atoms with Gasteiger partial charge in [-0.25, -0.2) is 0 Å². The van der Waals surface area contributed by atoms with Crippen LogP contribution in [0.5, 0.6) is 17.2 Å². The van der Waals surface area contributed by atoms with Crippen LogP contribution >= 0.6 is 0 Å². The molecule has 0 aromatic heterocycles. The van der Waals surface area contributed by atoms with E-state index in [0.29, 0.717) is 17.1 Å². The second kappa shape index (κ2) is 10.8. The Morgan fingerprint density at radius 1 is 1.03 bits per heavy atom. The highest BCUT2D eigenvalue weighted by molar-refractivity contribution is 5.96. The van der Waals surface area contributed by atoms with Crippen molar-refractivity contribution in [1.82, 2.24) is 4.90 Å². The molecule has 0 heterocycles. The molecule has 0 spiro atoms. The molecule has 10 nitrogen and oxygen atoms in total. The molecule has 31 heavy (non-hydrogen) atoms.